The van der Waals surface area contributed by atoms with Crippen molar-refractivity contribution in [2.75, 3.05) is 13.1 Å². The van der Waals surface area contributed by atoms with Crippen LogP contribution in [0.5, 0.6) is 0 Å². The van der Waals surface area contributed by atoms with Gasteiger partial charge in [-0.05, 0) is 38.1 Å². The molecule has 0 spiro atoms. The maximum absolute atomic E-state index is 12.7. The van der Waals surface area contributed by atoms with E-state index in [9.17, 15) is 14.4 Å². The topological polar surface area (TPSA) is 90.1 Å². The van der Waals surface area contributed by atoms with Gasteiger partial charge in [-0.25, -0.2) is 9.36 Å². The van der Waals surface area contributed by atoms with Gasteiger partial charge >= 0.3 is 0 Å². The fourth-order valence-electron chi connectivity index (χ4n) is 3.31. The zero-order chi connectivity index (χ0) is 21.4. The van der Waals surface area contributed by atoms with Gasteiger partial charge in [0, 0.05) is 35.8 Å². The summed E-state index contributed by atoms with van der Waals surface area (Å²) in [5.41, 5.74) is 1.23. The highest BCUT2D eigenvalue weighted by molar-refractivity contribution is 6.30. The van der Waals surface area contributed by atoms with E-state index < -0.39 is 0 Å². The Labute approximate surface area is 177 Å². The number of rotatable bonds is 4. The minimum Gasteiger partial charge on any atom is -0.333 e. The van der Waals surface area contributed by atoms with Gasteiger partial charge in [-0.15, -0.1) is 0 Å². The van der Waals surface area contributed by atoms with Gasteiger partial charge in [-0.1, -0.05) is 23.7 Å². The first-order chi connectivity index (χ1) is 14.3. The van der Waals surface area contributed by atoms with Crippen LogP contribution in [0, 0.1) is 0 Å². The van der Waals surface area contributed by atoms with E-state index in [4.69, 9.17) is 11.6 Å². The van der Waals surface area contributed by atoms with Gasteiger partial charge < -0.3 is 4.90 Å². The molecule has 154 valence electrons. The molecule has 1 aliphatic heterocycles. The molecule has 30 heavy (non-hydrogen) atoms. The third-order valence-corrected chi connectivity index (χ3v) is 5.25. The van der Waals surface area contributed by atoms with Crippen molar-refractivity contribution in [3.8, 4) is 11.3 Å². The highest BCUT2D eigenvalue weighted by Crippen LogP contribution is 2.23. The molecular formula is C21H20ClN5O3. The van der Waals surface area contributed by atoms with Crippen LogP contribution in [0.15, 0.2) is 58.1 Å². The predicted octanol–water partition coefficient (Wildman–Crippen LogP) is 2.40. The van der Waals surface area contributed by atoms with Gasteiger partial charge in [-0.2, -0.15) is 10.2 Å². The van der Waals surface area contributed by atoms with Crippen LogP contribution >= 0.6 is 11.6 Å². The Kier molecular flexibility index (Phi) is 5.26. The Bertz CT molecular complexity index is 1210. The molecule has 4 rings (SSSR count). The van der Waals surface area contributed by atoms with Crippen LogP contribution in [0.3, 0.4) is 0 Å². The smallest absolute Gasteiger partial charge is 0.274 e. The van der Waals surface area contributed by atoms with Gasteiger partial charge in [0.15, 0.2) is 0 Å². The SMILES string of the molecule is CC(C)n1nc(C(=O)N2CC(n3nc(-c4ccc(Cl)cc4)ccc3=O)C2)ccc1=O. The zero-order valence-electron chi connectivity index (χ0n) is 16.5. The van der Waals surface area contributed by atoms with Gasteiger partial charge in [-0.3, -0.25) is 14.4 Å². The fourth-order valence-corrected chi connectivity index (χ4v) is 3.43. The molecule has 1 saturated heterocycles. The van der Waals surface area contributed by atoms with E-state index >= 15 is 0 Å². The van der Waals surface area contributed by atoms with E-state index in [-0.39, 0.29) is 34.8 Å². The van der Waals surface area contributed by atoms with E-state index in [1.807, 2.05) is 26.0 Å². The lowest BCUT2D eigenvalue weighted by Crippen LogP contribution is -2.53. The molecule has 8 nitrogen and oxygen atoms in total. The van der Waals surface area contributed by atoms with E-state index in [1.165, 1.54) is 27.6 Å². The van der Waals surface area contributed by atoms with Crippen molar-refractivity contribution in [3.63, 3.8) is 0 Å². The van der Waals surface area contributed by atoms with E-state index in [2.05, 4.69) is 10.2 Å². The number of amides is 1. The molecule has 9 heteroatoms. The van der Waals surface area contributed by atoms with Crippen LogP contribution in [0.4, 0.5) is 0 Å². The van der Waals surface area contributed by atoms with Crippen LogP contribution in [-0.2, 0) is 0 Å². The molecule has 3 heterocycles. The minimum absolute atomic E-state index is 0.146. The highest BCUT2D eigenvalue weighted by atomic mass is 35.5. The molecule has 1 aromatic carbocycles. The number of carbonyl (C=O) groups excluding carboxylic acids is 1. The van der Waals surface area contributed by atoms with Crippen molar-refractivity contribution in [3.05, 3.63) is 80.0 Å². The fraction of sp³-hybridized carbons (Fsp3) is 0.286. The average molecular weight is 426 g/mol. The molecule has 0 saturated carbocycles. The van der Waals surface area contributed by atoms with Crippen molar-refractivity contribution in [2.24, 2.45) is 0 Å². The van der Waals surface area contributed by atoms with Gasteiger partial charge in [0.1, 0.15) is 5.69 Å². The van der Waals surface area contributed by atoms with Gasteiger partial charge in [0.05, 0.1) is 17.8 Å². The van der Waals surface area contributed by atoms with Crippen molar-refractivity contribution < 1.29 is 4.79 Å². The molecule has 0 N–H and O–H groups in total. The third kappa shape index (κ3) is 3.78. The number of halogens is 1. The summed E-state index contributed by atoms with van der Waals surface area (Å²) in [4.78, 5) is 38.5. The minimum atomic E-state index is -0.275. The summed E-state index contributed by atoms with van der Waals surface area (Å²) in [7, 11) is 0. The van der Waals surface area contributed by atoms with Crippen molar-refractivity contribution in [2.45, 2.75) is 25.9 Å². The Morgan fingerprint density at radius 3 is 2.30 bits per heavy atom. The molecular weight excluding hydrogens is 406 g/mol. The third-order valence-electron chi connectivity index (χ3n) is 4.99. The van der Waals surface area contributed by atoms with Crippen molar-refractivity contribution in [1.82, 2.24) is 24.5 Å². The maximum Gasteiger partial charge on any atom is 0.274 e. The van der Waals surface area contributed by atoms with E-state index in [0.29, 0.717) is 23.8 Å². The second-order valence-corrected chi connectivity index (χ2v) is 7.90. The first kappa shape index (κ1) is 20.0. The lowest BCUT2D eigenvalue weighted by atomic mass is 10.1. The molecule has 0 radical (unpaired) electrons. The summed E-state index contributed by atoms with van der Waals surface area (Å²) in [5, 5.41) is 9.26. The molecule has 1 amide bonds. The second-order valence-electron chi connectivity index (χ2n) is 7.47. The first-order valence-corrected chi connectivity index (χ1v) is 9.96. The molecule has 0 atom stereocenters. The zero-order valence-corrected chi connectivity index (χ0v) is 17.3. The summed E-state index contributed by atoms with van der Waals surface area (Å²) >= 11 is 5.93. The van der Waals surface area contributed by atoms with Crippen LogP contribution in [0.25, 0.3) is 11.3 Å². The van der Waals surface area contributed by atoms with Crippen LogP contribution in [-0.4, -0.2) is 43.5 Å². The number of carbonyl (C=O) groups is 1. The molecule has 0 aliphatic carbocycles. The summed E-state index contributed by atoms with van der Waals surface area (Å²) in [6, 6.07) is 12.8. The highest BCUT2D eigenvalue weighted by Gasteiger charge is 2.34. The summed E-state index contributed by atoms with van der Waals surface area (Å²) in [6.45, 7) is 4.35. The molecule has 2 aromatic heterocycles. The Morgan fingerprint density at radius 2 is 1.63 bits per heavy atom. The van der Waals surface area contributed by atoms with Crippen LogP contribution in [0.2, 0.25) is 5.02 Å². The summed E-state index contributed by atoms with van der Waals surface area (Å²) < 4.78 is 2.70. The predicted molar refractivity (Wildman–Crippen MR) is 113 cm³/mol. The lowest BCUT2D eigenvalue weighted by molar-refractivity contribution is 0.0484. The number of likely N-dealkylation sites (tertiary alicyclic amines) is 1. The summed E-state index contributed by atoms with van der Waals surface area (Å²) in [5.74, 6) is -0.275. The van der Waals surface area contributed by atoms with E-state index in [1.54, 1.807) is 23.1 Å². The monoisotopic (exact) mass is 425 g/mol. The van der Waals surface area contributed by atoms with E-state index in [0.717, 1.165) is 5.56 Å². The largest absolute Gasteiger partial charge is 0.333 e. The van der Waals surface area contributed by atoms with Crippen LogP contribution in [0.1, 0.15) is 36.4 Å². The quantitative estimate of drug-likeness (QED) is 0.640. The van der Waals surface area contributed by atoms with Gasteiger partial charge in [0.2, 0.25) is 0 Å². The number of hydrogen-bond donors (Lipinski definition) is 0. The van der Waals surface area contributed by atoms with Crippen molar-refractivity contribution in [1.29, 1.82) is 0 Å². The molecule has 1 fully saturated rings. The number of hydrogen-bond acceptors (Lipinski definition) is 5. The first-order valence-electron chi connectivity index (χ1n) is 9.58. The normalized spacial score (nSPS) is 14.1. The Balaban J connectivity index is 1.52. The maximum atomic E-state index is 12.7. The number of nitrogens with zero attached hydrogens (tertiary/aromatic N) is 5. The second kappa shape index (κ2) is 7.87. The van der Waals surface area contributed by atoms with Gasteiger partial charge in [0.25, 0.3) is 17.0 Å². The van der Waals surface area contributed by atoms with Crippen molar-refractivity contribution >= 4 is 17.5 Å². The molecule has 0 unspecified atom stereocenters. The Hall–Kier alpha value is -3.26. The summed E-state index contributed by atoms with van der Waals surface area (Å²) in [6.07, 6.45) is 0. The number of aromatic nitrogens is 4. The average Bonchev–Trinajstić information content (AvgIpc) is 2.69. The number of benzene rings is 1. The lowest BCUT2D eigenvalue weighted by Gasteiger charge is -2.39. The molecule has 3 aromatic rings. The Morgan fingerprint density at radius 1 is 0.967 bits per heavy atom. The standard InChI is InChI=1S/C21H20ClN5O3/c1-13(2)26-19(28)10-8-18(24-26)21(30)25-11-16(12-25)27-20(29)9-7-17(23-27)14-3-5-15(22)6-4-14/h3-10,13,16H,11-12H2,1-2H3. The molecule has 0 bridgehead atoms. The molecule has 1 aliphatic rings. The van der Waals surface area contributed by atoms with Crippen LogP contribution < -0.4 is 11.1 Å².